The Morgan fingerprint density at radius 3 is 2.79 bits per heavy atom. The molecule has 1 atom stereocenters. The Balaban J connectivity index is 1.69. The van der Waals surface area contributed by atoms with Crippen molar-refractivity contribution in [2.75, 3.05) is 25.0 Å². The van der Waals surface area contributed by atoms with Crippen LogP contribution >= 0.6 is 0 Å². The Morgan fingerprint density at radius 2 is 2.03 bits per heavy atom. The maximum atomic E-state index is 13.7. The predicted octanol–water partition coefficient (Wildman–Crippen LogP) is 4.34. The number of fused-ring (bicyclic) bond motifs is 1. The van der Waals surface area contributed by atoms with Gasteiger partial charge < -0.3 is 19.7 Å². The van der Waals surface area contributed by atoms with Crippen molar-refractivity contribution in [1.82, 2.24) is 9.88 Å². The molecule has 1 aromatic carbocycles. The van der Waals surface area contributed by atoms with Crippen LogP contribution in [-0.4, -0.2) is 58.5 Å². The highest BCUT2D eigenvalue weighted by atomic mass is 19.4. The van der Waals surface area contributed by atoms with Crippen LogP contribution in [0.25, 0.3) is 11.0 Å². The summed E-state index contributed by atoms with van der Waals surface area (Å²) in [4.78, 5) is 18.6. The lowest BCUT2D eigenvalue weighted by atomic mass is 10.0. The van der Waals surface area contributed by atoms with Crippen molar-refractivity contribution in [3.05, 3.63) is 59.4 Å². The van der Waals surface area contributed by atoms with Crippen molar-refractivity contribution in [2.24, 2.45) is 0 Å². The Hall–Kier alpha value is -3.47. The molecule has 7 nitrogen and oxygen atoms in total. The summed E-state index contributed by atoms with van der Waals surface area (Å²) in [6.45, 7) is -0.689. The first-order chi connectivity index (χ1) is 16.1. The van der Waals surface area contributed by atoms with Gasteiger partial charge in [0.15, 0.2) is 0 Å². The number of furan rings is 1. The first-order valence-corrected chi connectivity index (χ1v) is 10.7. The zero-order valence-corrected chi connectivity index (χ0v) is 18.0. The number of hydrogen-bond acceptors (Lipinski definition) is 6. The Kier molecular flexibility index (Phi) is 6.56. The van der Waals surface area contributed by atoms with E-state index in [9.17, 15) is 27.5 Å². The summed E-state index contributed by atoms with van der Waals surface area (Å²) in [5.41, 5.74) is 0.0560. The normalized spacial score (nSPS) is 17.0. The van der Waals surface area contributed by atoms with Crippen molar-refractivity contribution in [3.63, 3.8) is 0 Å². The van der Waals surface area contributed by atoms with Gasteiger partial charge in [-0.25, -0.2) is 4.39 Å². The first-order valence-electron chi connectivity index (χ1n) is 10.7. The van der Waals surface area contributed by atoms with Gasteiger partial charge in [-0.1, -0.05) is 0 Å². The van der Waals surface area contributed by atoms with E-state index >= 15 is 0 Å². The van der Waals surface area contributed by atoms with Gasteiger partial charge >= 0.3 is 6.18 Å². The minimum atomic E-state index is -4.54. The number of benzene rings is 1. The molecule has 0 saturated carbocycles. The number of amides is 1. The molecule has 3 N–H and O–H groups in total. The minimum absolute atomic E-state index is 0.000880. The molecule has 0 bridgehead atoms. The van der Waals surface area contributed by atoms with Gasteiger partial charge in [0, 0.05) is 41.5 Å². The molecular formula is C23H22F4N4O3. The van der Waals surface area contributed by atoms with E-state index < -0.39 is 30.5 Å². The fraction of sp³-hybridized carbons (Fsp3) is 0.348. The second kappa shape index (κ2) is 9.41. The average molecular weight is 478 g/mol. The number of rotatable bonds is 5. The van der Waals surface area contributed by atoms with Crippen molar-refractivity contribution in [2.45, 2.75) is 31.5 Å². The topological polar surface area (TPSA) is 102 Å². The SMILES string of the molecule is N=C(c1cnc(C(=O)N2CCCC(O)CC2)cc1NCC(F)(F)F)c1coc2ccc(F)cc12. The van der Waals surface area contributed by atoms with E-state index in [0.29, 0.717) is 37.9 Å². The fourth-order valence-corrected chi connectivity index (χ4v) is 3.90. The summed E-state index contributed by atoms with van der Waals surface area (Å²) in [6, 6.07) is 4.94. The lowest BCUT2D eigenvalue weighted by molar-refractivity contribution is -0.115. The number of carbonyl (C=O) groups is 1. The average Bonchev–Trinajstić information content (AvgIpc) is 3.08. The number of aliphatic hydroxyl groups is 1. The lowest BCUT2D eigenvalue weighted by Gasteiger charge is -2.21. The van der Waals surface area contributed by atoms with Crippen LogP contribution < -0.4 is 5.32 Å². The van der Waals surface area contributed by atoms with Crippen molar-refractivity contribution >= 4 is 28.3 Å². The monoisotopic (exact) mass is 478 g/mol. The highest BCUT2D eigenvalue weighted by Crippen LogP contribution is 2.28. The van der Waals surface area contributed by atoms with Gasteiger partial charge in [-0.05, 0) is 43.5 Å². The minimum Gasteiger partial charge on any atom is -0.464 e. The number of alkyl halides is 3. The smallest absolute Gasteiger partial charge is 0.405 e. The lowest BCUT2D eigenvalue weighted by Crippen LogP contribution is -2.33. The maximum absolute atomic E-state index is 13.7. The third-order valence-corrected chi connectivity index (χ3v) is 5.66. The van der Waals surface area contributed by atoms with Gasteiger partial charge in [-0.2, -0.15) is 13.2 Å². The van der Waals surface area contributed by atoms with Crippen LogP contribution in [0, 0.1) is 11.2 Å². The third-order valence-electron chi connectivity index (χ3n) is 5.66. The Labute approximate surface area is 191 Å². The molecule has 1 saturated heterocycles. The number of nitrogens with zero attached hydrogens (tertiary/aromatic N) is 2. The predicted molar refractivity (Wildman–Crippen MR) is 117 cm³/mol. The molecule has 1 aliphatic heterocycles. The second-order valence-electron chi connectivity index (χ2n) is 8.13. The zero-order valence-electron chi connectivity index (χ0n) is 18.0. The Morgan fingerprint density at radius 1 is 1.24 bits per heavy atom. The molecule has 1 aliphatic rings. The molecule has 1 unspecified atom stereocenters. The standard InChI is InChI=1S/C23H22F4N4O3/c24-13-3-4-20-15(8-13)17(11-34-20)21(28)16-10-29-19(9-18(16)30-12-23(25,26)27)22(33)31-6-1-2-14(32)5-7-31/h3-4,8-11,14,28,32H,1-2,5-7,12H2,(H,29,30). The van der Waals surface area contributed by atoms with Crippen molar-refractivity contribution in [1.29, 1.82) is 5.41 Å². The van der Waals surface area contributed by atoms with E-state index in [2.05, 4.69) is 10.3 Å². The van der Waals surface area contributed by atoms with Crippen LogP contribution in [0.5, 0.6) is 0 Å². The highest BCUT2D eigenvalue weighted by molar-refractivity contribution is 6.19. The largest absolute Gasteiger partial charge is 0.464 e. The van der Waals surface area contributed by atoms with Gasteiger partial charge in [0.25, 0.3) is 5.91 Å². The number of halogens is 4. The van der Waals surface area contributed by atoms with Crippen LogP contribution in [0.4, 0.5) is 23.2 Å². The van der Waals surface area contributed by atoms with Gasteiger partial charge in [0.05, 0.1) is 11.8 Å². The van der Waals surface area contributed by atoms with E-state index in [1.165, 1.54) is 35.4 Å². The molecule has 0 spiro atoms. The number of carbonyl (C=O) groups excluding carboxylic acids is 1. The number of anilines is 1. The van der Waals surface area contributed by atoms with E-state index in [-0.39, 0.29) is 33.6 Å². The molecule has 3 heterocycles. The molecule has 3 aromatic rings. The summed E-state index contributed by atoms with van der Waals surface area (Å²) in [5, 5.41) is 20.9. The first kappa shape index (κ1) is 23.7. The Bertz CT molecular complexity index is 1220. The molecule has 0 aliphatic carbocycles. The number of aromatic nitrogens is 1. The van der Waals surface area contributed by atoms with Crippen molar-refractivity contribution in [3.8, 4) is 0 Å². The molecule has 0 radical (unpaired) electrons. The van der Waals surface area contributed by atoms with Crippen molar-refractivity contribution < 1.29 is 31.9 Å². The number of likely N-dealkylation sites (tertiary alicyclic amines) is 1. The molecule has 2 aromatic heterocycles. The van der Waals surface area contributed by atoms with Gasteiger partial charge in [-0.3, -0.25) is 15.2 Å². The molecular weight excluding hydrogens is 456 g/mol. The summed E-state index contributed by atoms with van der Waals surface area (Å²) in [5.74, 6) is -1.03. The van der Waals surface area contributed by atoms with E-state index in [1.54, 1.807) is 0 Å². The van der Waals surface area contributed by atoms with Crippen LogP contribution in [0.1, 0.15) is 40.9 Å². The molecule has 1 fully saturated rings. The van der Waals surface area contributed by atoms with E-state index in [1.807, 2.05) is 0 Å². The number of nitrogens with one attached hydrogen (secondary N) is 2. The number of hydrogen-bond donors (Lipinski definition) is 3. The van der Waals surface area contributed by atoms with Crippen LogP contribution in [-0.2, 0) is 0 Å². The van der Waals surface area contributed by atoms with E-state index in [0.717, 1.165) is 6.20 Å². The van der Waals surface area contributed by atoms with Gasteiger partial charge in [0.2, 0.25) is 0 Å². The highest BCUT2D eigenvalue weighted by Gasteiger charge is 2.29. The van der Waals surface area contributed by atoms with Gasteiger partial charge in [-0.15, -0.1) is 0 Å². The number of pyridine rings is 1. The molecule has 34 heavy (non-hydrogen) atoms. The second-order valence-corrected chi connectivity index (χ2v) is 8.13. The number of aliphatic hydroxyl groups excluding tert-OH is 1. The summed E-state index contributed by atoms with van der Waals surface area (Å²) in [6.07, 6.45) is -1.12. The molecule has 1 amide bonds. The molecule has 11 heteroatoms. The molecule has 180 valence electrons. The summed E-state index contributed by atoms with van der Waals surface area (Å²) < 4.78 is 57.9. The van der Waals surface area contributed by atoms with Gasteiger partial charge in [0.1, 0.15) is 29.9 Å². The quantitative estimate of drug-likeness (QED) is 0.374. The fourth-order valence-electron chi connectivity index (χ4n) is 3.90. The van der Waals surface area contributed by atoms with Crippen LogP contribution in [0.15, 0.2) is 41.1 Å². The zero-order chi connectivity index (χ0) is 24.5. The summed E-state index contributed by atoms with van der Waals surface area (Å²) in [7, 11) is 0. The maximum Gasteiger partial charge on any atom is 0.405 e. The summed E-state index contributed by atoms with van der Waals surface area (Å²) >= 11 is 0. The molecule has 4 rings (SSSR count). The van der Waals surface area contributed by atoms with Crippen LogP contribution in [0.3, 0.4) is 0 Å². The third kappa shape index (κ3) is 5.19. The van der Waals surface area contributed by atoms with Crippen LogP contribution in [0.2, 0.25) is 0 Å². The van der Waals surface area contributed by atoms with E-state index in [4.69, 9.17) is 9.83 Å².